The molecule has 0 fully saturated rings. The molecule has 0 bridgehead atoms. The summed E-state index contributed by atoms with van der Waals surface area (Å²) in [6, 6.07) is 0. The van der Waals surface area contributed by atoms with Crippen molar-refractivity contribution in [1.82, 2.24) is 0 Å². The second-order valence-electron chi connectivity index (χ2n) is 0.616. The smallest absolute Gasteiger partial charge is 0.205 e. The average molecular weight is 143 g/mol. The molecule has 0 radical (unpaired) electrons. The highest BCUT2D eigenvalue weighted by Gasteiger charge is 2.26. The van der Waals surface area contributed by atoms with Gasteiger partial charge in [0.1, 0.15) is 12.2 Å². The summed E-state index contributed by atoms with van der Waals surface area (Å²) in [4.78, 5) is 12.1. The van der Waals surface area contributed by atoms with Crippen molar-refractivity contribution in [1.29, 1.82) is 0 Å². The highest BCUT2D eigenvalue weighted by atomic mass is 32.7. The molecule has 0 heterocycles. The SMILES string of the molecule is O=C(OF)[P+](=O)S. The molecule has 40 valence electrons. The minimum atomic E-state index is -2.45. The van der Waals surface area contributed by atoms with E-state index in [4.69, 9.17) is 0 Å². The predicted molar refractivity (Wildman–Crippen MR) is 24.2 cm³/mol. The lowest BCUT2D eigenvalue weighted by molar-refractivity contribution is -0.0471. The van der Waals surface area contributed by atoms with Crippen LogP contribution in [0.1, 0.15) is 0 Å². The Balaban J connectivity index is 3.58. The van der Waals surface area contributed by atoms with Crippen molar-refractivity contribution in [3.8, 4) is 0 Å². The van der Waals surface area contributed by atoms with E-state index in [1.54, 1.807) is 0 Å². The third-order valence-electron chi connectivity index (χ3n) is 0.222. The zero-order chi connectivity index (χ0) is 5.86. The van der Waals surface area contributed by atoms with Crippen LogP contribution in [0.4, 0.5) is 9.32 Å². The van der Waals surface area contributed by atoms with Gasteiger partial charge >= 0.3 is 12.7 Å². The van der Waals surface area contributed by atoms with Crippen molar-refractivity contribution < 1.29 is 18.8 Å². The molecule has 0 amide bonds. The van der Waals surface area contributed by atoms with Crippen LogP contribution in [0.3, 0.4) is 0 Å². The second kappa shape index (κ2) is 2.93. The molecule has 0 saturated carbocycles. The Morgan fingerprint density at radius 1 is 1.86 bits per heavy atom. The molecule has 6 heteroatoms. The van der Waals surface area contributed by atoms with Crippen LogP contribution < -0.4 is 0 Å². The van der Waals surface area contributed by atoms with E-state index in [-0.39, 0.29) is 0 Å². The number of carbonyl (C=O) groups is 1. The summed E-state index contributed by atoms with van der Waals surface area (Å²) in [6.07, 6.45) is 0. The number of rotatable bonds is 1. The third-order valence-corrected chi connectivity index (χ3v) is 1.09. The van der Waals surface area contributed by atoms with Crippen molar-refractivity contribution >= 4 is 25.0 Å². The summed E-state index contributed by atoms with van der Waals surface area (Å²) < 4.78 is 20.2. The molecule has 1 unspecified atom stereocenters. The summed E-state index contributed by atoms with van der Waals surface area (Å²) in [7, 11) is -2.45. The van der Waals surface area contributed by atoms with Gasteiger partial charge in [0.2, 0.25) is 0 Å². The summed E-state index contributed by atoms with van der Waals surface area (Å²) in [5.41, 5.74) is -1.45. The Hall–Kier alpha value is -0.150. The van der Waals surface area contributed by atoms with Crippen LogP contribution in [0.25, 0.3) is 0 Å². The predicted octanol–water partition coefficient (Wildman–Crippen LogP) is 1.68. The van der Waals surface area contributed by atoms with Crippen LogP contribution >= 0.6 is 19.3 Å². The maximum absolute atomic E-state index is 10.6. The van der Waals surface area contributed by atoms with E-state index in [2.05, 4.69) is 17.2 Å². The number of thiol groups is 1. The van der Waals surface area contributed by atoms with Crippen LogP contribution in [0.5, 0.6) is 0 Å². The van der Waals surface area contributed by atoms with Gasteiger partial charge in [0, 0.05) is 4.53 Å². The molecule has 0 aliphatic carbocycles. The van der Waals surface area contributed by atoms with Gasteiger partial charge in [0.05, 0.1) is 0 Å². The summed E-state index contributed by atoms with van der Waals surface area (Å²) in [5.74, 6) is 0. The molecule has 0 saturated heterocycles. The third kappa shape index (κ3) is 2.53. The zero-order valence-corrected chi connectivity index (χ0v) is 4.79. The van der Waals surface area contributed by atoms with Crippen LogP contribution in [-0.4, -0.2) is 5.71 Å². The fraction of sp³-hybridized carbons (Fsp3) is 0. The Bertz CT molecular complexity index is 103. The lowest BCUT2D eigenvalue weighted by Crippen LogP contribution is -1.79. The zero-order valence-electron chi connectivity index (χ0n) is 3.00. The highest BCUT2D eigenvalue weighted by Crippen LogP contribution is 2.27. The summed E-state index contributed by atoms with van der Waals surface area (Å²) in [5, 5.41) is 0. The number of hydrogen-bond donors (Lipinski definition) is 1. The molecule has 0 spiro atoms. The first-order chi connectivity index (χ1) is 3.18. The molecule has 0 aromatic rings. The van der Waals surface area contributed by atoms with Gasteiger partial charge < -0.3 is 0 Å². The molecule has 0 aromatic carbocycles. The van der Waals surface area contributed by atoms with E-state index in [9.17, 15) is 13.9 Å². The van der Waals surface area contributed by atoms with Gasteiger partial charge in [-0.2, -0.15) is 4.79 Å². The molecule has 1 atom stereocenters. The number of hydrogen-bond acceptors (Lipinski definition) is 3. The van der Waals surface area contributed by atoms with Gasteiger partial charge in [-0.3, -0.25) is 0 Å². The quantitative estimate of drug-likeness (QED) is 0.448. The molecule has 0 aliphatic rings. The van der Waals surface area contributed by atoms with Crippen LogP contribution in [0, 0.1) is 0 Å². The molecule has 0 aliphatic heterocycles. The van der Waals surface area contributed by atoms with Crippen molar-refractivity contribution in [3.63, 3.8) is 0 Å². The maximum Gasteiger partial charge on any atom is 0.604 e. The monoisotopic (exact) mass is 143 g/mol. The number of carbonyl (C=O) groups excluding carboxylic acids is 1. The topological polar surface area (TPSA) is 43.4 Å². The lowest BCUT2D eigenvalue weighted by Gasteiger charge is -1.66. The first-order valence-electron chi connectivity index (χ1n) is 1.17. The minimum Gasteiger partial charge on any atom is -0.205 e. The molecule has 7 heavy (non-hydrogen) atoms. The molecule has 0 aromatic heterocycles. The van der Waals surface area contributed by atoms with E-state index < -0.39 is 12.7 Å². The maximum atomic E-state index is 10.6. The lowest BCUT2D eigenvalue weighted by atomic mass is 11.6. The Kier molecular flexibility index (Phi) is 2.87. The van der Waals surface area contributed by atoms with Gasteiger partial charge in [-0.05, 0) is 4.57 Å². The van der Waals surface area contributed by atoms with Crippen LogP contribution in [0.2, 0.25) is 0 Å². The molecule has 0 rings (SSSR count). The van der Waals surface area contributed by atoms with Gasteiger partial charge in [-0.15, -0.1) is 0 Å². The summed E-state index contributed by atoms with van der Waals surface area (Å²) >= 11 is 3.07. The molecule has 3 nitrogen and oxygen atoms in total. The first kappa shape index (κ1) is 6.85. The molecule has 0 N–H and O–H groups in total. The van der Waals surface area contributed by atoms with E-state index >= 15 is 0 Å². The van der Waals surface area contributed by atoms with Gasteiger partial charge in [0.15, 0.2) is 0 Å². The van der Waals surface area contributed by atoms with E-state index in [1.165, 1.54) is 0 Å². The van der Waals surface area contributed by atoms with Crippen molar-refractivity contribution in [3.05, 3.63) is 0 Å². The normalized spacial score (nSPS) is 10.3. The fourth-order valence-electron chi connectivity index (χ4n) is 0.0295. The van der Waals surface area contributed by atoms with Gasteiger partial charge in [-0.1, -0.05) is 0 Å². The Morgan fingerprint density at radius 3 is 2.29 bits per heavy atom. The second-order valence-corrected chi connectivity index (χ2v) is 2.62. The van der Waals surface area contributed by atoms with E-state index in [0.29, 0.717) is 0 Å². The van der Waals surface area contributed by atoms with Crippen molar-refractivity contribution in [2.24, 2.45) is 0 Å². The van der Waals surface area contributed by atoms with E-state index in [1.807, 2.05) is 0 Å². The Morgan fingerprint density at radius 2 is 2.29 bits per heavy atom. The molecular formula is CHFO3PS+. The average Bonchev–Trinajstić information content (AvgIpc) is 1.65. The molecular weight excluding hydrogens is 142 g/mol. The fourth-order valence-corrected chi connectivity index (χ4v) is 0.181. The summed E-state index contributed by atoms with van der Waals surface area (Å²) in [6.45, 7) is 0. The van der Waals surface area contributed by atoms with Gasteiger partial charge in [0.25, 0.3) is 0 Å². The number of halogens is 1. The van der Waals surface area contributed by atoms with Crippen molar-refractivity contribution in [2.45, 2.75) is 0 Å². The van der Waals surface area contributed by atoms with E-state index in [0.717, 1.165) is 0 Å². The largest absolute Gasteiger partial charge is 0.604 e. The van der Waals surface area contributed by atoms with Crippen LogP contribution in [-0.2, 0) is 9.51 Å². The minimum absolute atomic E-state index is 1.45. The standard InChI is InChI=1S/CFO3PS/c2-5-1(3)6(4)7/p+1. The van der Waals surface area contributed by atoms with Crippen LogP contribution in [0.15, 0.2) is 0 Å². The highest BCUT2D eigenvalue weighted by molar-refractivity contribution is 8.45. The first-order valence-corrected chi connectivity index (χ1v) is 3.58. The van der Waals surface area contributed by atoms with Crippen molar-refractivity contribution in [2.75, 3.05) is 0 Å². The Labute approximate surface area is 44.7 Å². The van der Waals surface area contributed by atoms with Gasteiger partial charge in [-0.25, -0.2) is 4.94 Å².